The van der Waals surface area contributed by atoms with Gasteiger partial charge < -0.3 is 15.0 Å². The summed E-state index contributed by atoms with van der Waals surface area (Å²) in [6.07, 6.45) is 6.05. The lowest BCUT2D eigenvalue weighted by Crippen LogP contribution is -2.41. The first-order chi connectivity index (χ1) is 8.70. The van der Waals surface area contributed by atoms with Crippen LogP contribution in [0.1, 0.15) is 46.0 Å². The maximum absolute atomic E-state index is 11.8. The Kier molecular flexibility index (Phi) is 8.01. The summed E-state index contributed by atoms with van der Waals surface area (Å²) in [7, 11) is 0. The summed E-state index contributed by atoms with van der Waals surface area (Å²) in [6, 6.07) is 0. The van der Waals surface area contributed by atoms with E-state index >= 15 is 0 Å². The molecule has 0 aromatic heterocycles. The average molecular weight is 256 g/mol. The lowest BCUT2D eigenvalue weighted by Gasteiger charge is -2.26. The van der Waals surface area contributed by atoms with Gasteiger partial charge in [0.05, 0.1) is 12.6 Å². The molecule has 1 aliphatic heterocycles. The van der Waals surface area contributed by atoms with Gasteiger partial charge in [-0.25, -0.2) is 0 Å². The van der Waals surface area contributed by atoms with E-state index in [0.717, 1.165) is 51.9 Å². The first kappa shape index (κ1) is 15.4. The SMILES string of the molecule is CC(C)OCCCCNCC(=O)N1CCCCC1. The number of carbonyl (C=O) groups excluding carboxylic acids is 1. The predicted octanol–water partition coefficient (Wildman–Crippen LogP) is 1.79. The van der Waals surface area contributed by atoms with Crippen LogP contribution in [0.5, 0.6) is 0 Å². The molecule has 0 aromatic rings. The molecule has 1 fully saturated rings. The molecule has 0 atom stereocenters. The van der Waals surface area contributed by atoms with Crippen LogP contribution in [0, 0.1) is 0 Å². The highest BCUT2D eigenvalue weighted by Crippen LogP contribution is 2.08. The third-order valence-corrected chi connectivity index (χ3v) is 3.18. The Morgan fingerprint density at radius 2 is 1.94 bits per heavy atom. The Hall–Kier alpha value is -0.610. The van der Waals surface area contributed by atoms with Gasteiger partial charge in [0.25, 0.3) is 0 Å². The molecule has 1 rings (SSSR count). The van der Waals surface area contributed by atoms with Crippen molar-refractivity contribution in [2.75, 3.05) is 32.8 Å². The molecule has 0 aromatic carbocycles. The summed E-state index contributed by atoms with van der Waals surface area (Å²) >= 11 is 0. The van der Waals surface area contributed by atoms with Crippen LogP contribution < -0.4 is 5.32 Å². The van der Waals surface area contributed by atoms with Crippen molar-refractivity contribution in [3.8, 4) is 0 Å². The van der Waals surface area contributed by atoms with Crippen molar-refractivity contribution in [3.63, 3.8) is 0 Å². The van der Waals surface area contributed by atoms with Gasteiger partial charge in [-0.1, -0.05) is 0 Å². The van der Waals surface area contributed by atoms with Gasteiger partial charge in [-0.2, -0.15) is 0 Å². The number of hydrogen-bond donors (Lipinski definition) is 1. The van der Waals surface area contributed by atoms with Crippen molar-refractivity contribution in [3.05, 3.63) is 0 Å². The van der Waals surface area contributed by atoms with E-state index in [1.165, 1.54) is 6.42 Å². The van der Waals surface area contributed by atoms with Crippen molar-refractivity contribution in [1.82, 2.24) is 10.2 Å². The molecule has 0 saturated carbocycles. The van der Waals surface area contributed by atoms with Gasteiger partial charge >= 0.3 is 0 Å². The maximum Gasteiger partial charge on any atom is 0.236 e. The smallest absolute Gasteiger partial charge is 0.236 e. The lowest BCUT2D eigenvalue weighted by molar-refractivity contribution is -0.131. The highest BCUT2D eigenvalue weighted by Gasteiger charge is 2.15. The van der Waals surface area contributed by atoms with Crippen molar-refractivity contribution in [2.45, 2.75) is 52.1 Å². The number of rotatable bonds is 8. The van der Waals surface area contributed by atoms with E-state index in [4.69, 9.17) is 4.74 Å². The van der Waals surface area contributed by atoms with Crippen LogP contribution in [0.4, 0.5) is 0 Å². The molecule has 0 aliphatic carbocycles. The van der Waals surface area contributed by atoms with Crippen LogP contribution in [-0.2, 0) is 9.53 Å². The molecule has 0 radical (unpaired) electrons. The van der Waals surface area contributed by atoms with Gasteiger partial charge in [-0.15, -0.1) is 0 Å². The second-order valence-electron chi connectivity index (χ2n) is 5.24. The monoisotopic (exact) mass is 256 g/mol. The van der Waals surface area contributed by atoms with Crippen molar-refractivity contribution in [2.24, 2.45) is 0 Å². The van der Waals surface area contributed by atoms with E-state index in [1.807, 2.05) is 4.90 Å². The fourth-order valence-electron chi connectivity index (χ4n) is 2.12. The minimum absolute atomic E-state index is 0.258. The molecule has 4 heteroatoms. The predicted molar refractivity (Wildman–Crippen MR) is 73.6 cm³/mol. The standard InChI is InChI=1S/C14H28N2O2/c1-13(2)18-11-7-4-8-15-12-14(17)16-9-5-3-6-10-16/h13,15H,3-12H2,1-2H3. The summed E-state index contributed by atoms with van der Waals surface area (Å²) in [5.74, 6) is 0.258. The fourth-order valence-corrected chi connectivity index (χ4v) is 2.12. The summed E-state index contributed by atoms with van der Waals surface area (Å²) in [6.45, 7) is 8.21. The molecule has 0 spiro atoms. The molecular formula is C14H28N2O2. The zero-order chi connectivity index (χ0) is 13.2. The van der Waals surface area contributed by atoms with Gasteiger partial charge in [0.15, 0.2) is 0 Å². The zero-order valence-electron chi connectivity index (χ0n) is 11.9. The summed E-state index contributed by atoms with van der Waals surface area (Å²) < 4.78 is 5.46. The number of nitrogens with one attached hydrogen (secondary N) is 1. The molecule has 1 heterocycles. The van der Waals surface area contributed by atoms with Gasteiger partial charge in [0.2, 0.25) is 5.91 Å². The second kappa shape index (κ2) is 9.34. The molecule has 0 bridgehead atoms. The Morgan fingerprint density at radius 3 is 2.61 bits per heavy atom. The van der Waals surface area contributed by atoms with Crippen LogP contribution in [0.3, 0.4) is 0 Å². The zero-order valence-corrected chi connectivity index (χ0v) is 11.9. The highest BCUT2D eigenvalue weighted by molar-refractivity contribution is 5.78. The van der Waals surface area contributed by atoms with Crippen LogP contribution in [-0.4, -0.2) is 49.7 Å². The normalized spacial score (nSPS) is 16.3. The highest BCUT2D eigenvalue weighted by atomic mass is 16.5. The van der Waals surface area contributed by atoms with Gasteiger partial charge in [0.1, 0.15) is 0 Å². The van der Waals surface area contributed by atoms with Gasteiger partial charge in [0, 0.05) is 19.7 Å². The number of carbonyl (C=O) groups is 1. The molecule has 18 heavy (non-hydrogen) atoms. The Labute approximate surface area is 111 Å². The number of hydrogen-bond acceptors (Lipinski definition) is 3. The van der Waals surface area contributed by atoms with Crippen molar-refractivity contribution < 1.29 is 9.53 Å². The quantitative estimate of drug-likeness (QED) is 0.673. The van der Waals surface area contributed by atoms with E-state index in [1.54, 1.807) is 0 Å². The number of likely N-dealkylation sites (tertiary alicyclic amines) is 1. The largest absolute Gasteiger partial charge is 0.379 e. The van der Waals surface area contributed by atoms with E-state index < -0.39 is 0 Å². The lowest BCUT2D eigenvalue weighted by atomic mass is 10.1. The molecule has 1 N–H and O–H groups in total. The van der Waals surface area contributed by atoms with Crippen molar-refractivity contribution in [1.29, 1.82) is 0 Å². The summed E-state index contributed by atoms with van der Waals surface area (Å²) in [5, 5.41) is 3.22. The minimum atomic E-state index is 0.258. The Bertz CT molecular complexity index is 226. The topological polar surface area (TPSA) is 41.6 Å². The molecular weight excluding hydrogens is 228 g/mol. The van der Waals surface area contributed by atoms with Gasteiger partial charge in [-0.05, 0) is 52.5 Å². The third kappa shape index (κ3) is 6.97. The average Bonchev–Trinajstić information content (AvgIpc) is 2.38. The molecule has 106 valence electrons. The number of amides is 1. The number of nitrogens with zero attached hydrogens (tertiary/aromatic N) is 1. The number of piperidine rings is 1. The Morgan fingerprint density at radius 1 is 1.22 bits per heavy atom. The van der Waals surface area contributed by atoms with Crippen molar-refractivity contribution >= 4 is 5.91 Å². The van der Waals surface area contributed by atoms with E-state index in [-0.39, 0.29) is 5.91 Å². The van der Waals surface area contributed by atoms with E-state index in [0.29, 0.717) is 12.6 Å². The Balaban J connectivity index is 1.92. The number of unbranched alkanes of at least 4 members (excludes halogenated alkanes) is 1. The van der Waals surface area contributed by atoms with Crippen LogP contribution in [0.15, 0.2) is 0 Å². The summed E-state index contributed by atoms with van der Waals surface area (Å²) in [4.78, 5) is 13.8. The van der Waals surface area contributed by atoms with E-state index in [2.05, 4.69) is 19.2 Å². The first-order valence-electron chi connectivity index (χ1n) is 7.30. The molecule has 1 aliphatic rings. The second-order valence-corrected chi connectivity index (χ2v) is 5.24. The van der Waals surface area contributed by atoms with Gasteiger partial charge in [-0.3, -0.25) is 4.79 Å². The molecule has 1 amide bonds. The maximum atomic E-state index is 11.8. The number of ether oxygens (including phenoxy) is 1. The first-order valence-corrected chi connectivity index (χ1v) is 7.30. The molecule has 4 nitrogen and oxygen atoms in total. The molecule has 0 unspecified atom stereocenters. The fraction of sp³-hybridized carbons (Fsp3) is 0.929. The summed E-state index contributed by atoms with van der Waals surface area (Å²) in [5.41, 5.74) is 0. The minimum Gasteiger partial charge on any atom is -0.379 e. The molecule has 1 saturated heterocycles. The van der Waals surface area contributed by atoms with Crippen LogP contribution >= 0.6 is 0 Å². The van der Waals surface area contributed by atoms with Crippen LogP contribution in [0.2, 0.25) is 0 Å². The van der Waals surface area contributed by atoms with E-state index in [9.17, 15) is 4.79 Å². The van der Waals surface area contributed by atoms with Crippen LogP contribution in [0.25, 0.3) is 0 Å². The third-order valence-electron chi connectivity index (χ3n) is 3.18.